The van der Waals surface area contributed by atoms with E-state index in [0.717, 1.165) is 24.1 Å². The molecule has 0 atom stereocenters. The fourth-order valence-electron chi connectivity index (χ4n) is 0.906. The largest absolute Gasteiger partial charge is 0.296 e. The smallest absolute Gasteiger partial charge is 0.169 e. The van der Waals surface area contributed by atoms with Crippen LogP contribution >= 0.6 is 11.3 Å². The van der Waals surface area contributed by atoms with Crippen LogP contribution < -0.4 is 0 Å². The lowest BCUT2D eigenvalue weighted by Gasteiger charge is -1.99. The van der Waals surface area contributed by atoms with Gasteiger partial charge in [-0.2, -0.15) is 0 Å². The molecule has 0 aliphatic rings. The van der Waals surface area contributed by atoms with Gasteiger partial charge in [0.15, 0.2) is 6.29 Å². The number of carbonyl (C=O) groups excluding carboxylic acids is 1. The molecule has 0 radical (unpaired) electrons. The van der Waals surface area contributed by atoms with Crippen molar-refractivity contribution in [1.29, 1.82) is 0 Å². The number of carbonyl (C=O) groups is 1. The average molecular weight is 183 g/mol. The molecule has 0 saturated carbocycles. The third-order valence-electron chi connectivity index (χ3n) is 1.63. The van der Waals surface area contributed by atoms with Crippen molar-refractivity contribution in [2.45, 2.75) is 26.7 Å². The van der Waals surface area contributed by atoms with Crippen LogP contribution in [0.15, 0.2) is 5.38 Å². The molecule has 0 aliphatic carbocycles. The van der Waals surface area contributed by atoms with Crippen molar-refractivity contribution in [1.82, 2.24) is 4.98 Å². The Morgan fingerprint density at radius 2 is 2.42 bits per heavy atom. The number of aromatic nitrogens is 1. The Morgan fingerprint density at radius 1 is 1.67 bits per heavy atom. The lowest BCUT2D eigenvalue weighted by molar-refractivity contribution is 0.111. The van der Waals surface area contributed by atoms with Gasteiger partial charge < -0.3 is 0 Å². The highest BCUT2D eigenvalue weighted by Gasteiger charge is 2.01. The first-order chi connectivity index (χ1) is 5.72. The van der Waals surface area contributed by atoms with Crippen molar-refractivity contribution in [2.75, 3.05) is 0 Å². The van der Waals surface area contributed by atoms with Crippen LogP contribution in [0.2, 0.25) is 0 Å². The number of hydrogen-bond acceptors (Lipinski definition) is 3. The van der Waals surface area contributed by atoms with Crippen LogP contribution in [-0.2, 0) is 6.42 Å². The zero-order chi connectivity index (χ0) is 8.97. The SMILES string of the molecule is CC(C)CCc1nc(C=O)cs1. The second-order valence-electron chi connectivity index (χ2n) is 3.22. The lowest BCUT2D eigenvalue weighted by Crippen LogP contribution is -1.91. The number of aldehydes is 1. The van der Waals surface area contributed by atoms with Gasteiger partial charge >= 0.3 is 0 Å². The maximum Gasteiger partial charge on any atom is 0.169 e. The summed E-state index contributed by atoms with van der Waals surface area (Å²) in [5.74, 6) is 0.702. The topological polar surface area (TPSA) is 30.0 Å². The van der Waals surface area contributed by atoms with Gasteiger partial charge in [0.1, 0.15) is 5.69 Å². The number of aryl methyl sites for hydroxylation is 1. The first-order valence-electron chi connectivity index (χ1n) is 4.12. The van der Waals surface area contributed by atoms with Crippen molar-refractivity contribution in [3.05, 3.63) is 16.1 Å². The summed E-state index contributed by atoms with van der Waals surface area (Å²) in [6.45, 7) is 4.38. The van der Waals surface area contributed by atoms with Crippen LogP contribution in [0.1, 0.15) is 35.8 Å². The lowest BCUT2D eigenvalue weighted by atomic mass is 10.1. The molecular formula is C9H13NOS. The molecule has 0 bridgehead atoms. The quantitative estimate of drug-likeness (QED) is 0.671. The van der Waals surface area contributed by atoms with Gasteiger partial charge in [0, 0.05) is 5.38 Å². The van der Waals surface area contributed by atoms with Gasteiger partial charge in [-0.15, -0.1) is 11.3 Å². The van der Waals surface area contributed by atoms with Crippen LogP contribution in [0.5, 0.6) is 0 Å². The molecule has 1 heterocycles. The van der Waals surface area contributed by atoms with Crippen LogP contribution in [0.3, 0.4) is 0 Å². The summed E-state index contributed by atoms with van der Waals surface area (Å²) in [4.78, 5) is 14.5. The van der Waals surface area contributed by atoms with E-state index in [9.17, 15) is 4.79 Å². The maximum atomic E-state index is 10.3. The normalized spacial score (nSPS) is 10.6. The Kier molecular flexibility index (Phi) is 3.41. The van der Waals surface area contributed by atoms with E-state index < -0.39 is 0 Å². The molecule has 0 unspecified atom stereocenters. The molecule has 0 saturated heterocycles. The molecular weight excluding hydrogens is 170 g/mol. The summed E-state index contributed by atoms with van der Waals surface area (Å²) < 4.78 is 0. The summed E-state index contributed by atoms with van der Waals surface area (Å²) in [6, 6.07) is 0. The predicted octanol–water partition coefficient (Wildman–Crippen LogP) is 2.54. The van der Waals surface area contributed by atoms with E-state index in [-0.39, 0.29) is 0 Å². The summed E-state index contributed by atoms with van der Waals surface area (Å²) in [5.41, 5.74) is 0.568. The first-order valence-corrected chi connectivity index (χ1v) is 5.00. The van der Waals surface area contributed by atoms with Gasteiger partial charge in [0.05, 0.1) is 5.01 Å². The molecule has 3 heteroatoms. The van der Waals surface area contributed by atoms with Gasteiger partial charge in [-0.1, -0.05) is 13.8 Å². The second kappa shape index (κ2) is 4.36. The van der Waals surface area contributed by atoms with Crippen molar-refractivity contribution in [3.8, 4) is 0 Å². The molecule has 1 aromatic rings. The van der Waals surface area contributed by atoms with Gasteiger partial charge in [0.25, 0.3) is 0 Å². The van der Waals surface area contributed by atoms with E-state index in [4.69, 9.17) is 0 Å². The molecule has 0 aliphatic heterocycles. The van der Waals surface area contributed by atoms with E-state index in [0.29, 0.717) is 11.6 Å². The summed E-state index contributed by atoms with van der Waals surface area (Å²) in [6.07, 6.45) is 2.94. The molecule has 0 amide bonds. The number of thiazole rings is 1. The minimum atomic E-state index is 0.568. The number of nitrogens with zero attached hydrogens (tertiary/aromatic N) is 1. The summed E-state index contributed by atoms with van der Waals surface area (Å²) in [7, 11) is 0. The van der Waals surface area contributed by atoms with Crippen LogP contribution in [0.4, 0.5) is 0 Å². The minimum absolute atomic E-state index is 0.568. The fourth-order valence-corrected chi connectivity index (χ4v) is 1.67. The van der Waals surface area contributed by atoms with Gasteiger partial charge in [-0.05, 0) is 18.8 Å². The van der Waals surface area contributed by atoms with Crippen molar-refractivity contribution >= 4 is 17.6 Å². The molecule has 1 rings (SSSR count). The zero-order valence-corrected chi connectivity index (χ0v) is 8.23. The standard InChI is InChI=1S/C9H13NOS/c1-7(2)3-4-9-10-8(5-11)6-12-9/h5-7H,3-4H2,1-2H3. The minimum Gasteiger partial charge on any atom is -0.296 e. The molecule has 1 aromatic heterocycles. The Balaban J connectivity index is 2.47. The average Bonchev–Trinajstić information content (AvgIpc) is 2.48. The molecule has 2 nitrogen and oxygen atoms in total. The van der Waals surface area contributed by atoms with E-state index in [2.05, 4.69) is 18.8 Å². The van der Waals surface area contributed by atoms with E-state index >= 15 is 0 Å². The van der Waals surface area contributed by atoms with Gasteiger partial charge in [-0.25, -0.2) is 4.98 Å². The third kappa shape index (κ3) is 2.74. The third-order valence-corrected chi connectivity index (χ3v) is 2.55. The molecule has 0 fully saturated rings. The number of rotatable bonds is 4. The Morgan fingerprint density at radius 3 is 2.92 bits per heavy atom. The van der Waals surface area contributed by atoms with Crippen LogP contribution in [0, 0.1) is 5.92 Å². The van der Waals surface area contributed by atoms with Crippen molar-refractivity contribution in [3.63, 3.8) is 0 Å². The summed E-state index contributed by atoms with van der Waals surface area (Å²) >= 11 is 1.57. The highest BCUT2D eigenvalue weighted by atomic mass is 32.1. The molecule has 12 heavy (non-hydrogen) atoms. The zero-order valence-electron chi connectivity index (χ0n) is 7.41. The molecule has 66 valence electrons. The highest BCUT2D eigenvalue weighted by Crippen LogP contribution is 2.13. The van der Waals surface area contributed by atoms with E-state index in [1.54, 1.807) is 11.3 Å². The number of hydrogen-bond donors (Lipinski definition) is 0. The molecule has 0 N–H and O–H groups in total. The molecule has 0 aromatic carbocycles. The maximum absolute atomic E-state index is 10.3. The van der Waals surface area contributed by atoms with Gasteiger partial charge in [-0.3, -0.25) is 4.79 Å². The fraction of sp³-hybridized carbons (Fsp3) is 0.556. The Hall–Kier alpha value is -0.700. The highest BCUT2D eigenvalue weighted by molar-refractivity contribution is 7.09. The predicted molar refractivity (Wildman–Crippen MR) is 50.7 cm³/mol. The van der Waals surface area contributed by atoms with Crippen LogP contribution in [0.25, 0.3) is 0 Å². The second-order valence-corrected chi connectivity index (χ2v) is 4.16. The van der Waals surface area contributed by atoms with Crippen LogP contribution in [-0.4, -0.2) is 11.3 Å². The monoisotopic (exact) mass is 183 g/mol. The van der Waals surface area contributed by atoms with Crippen molar-refractivity contribution in [2.24, 2.45) is 5.92 Å². The molecule has 0 spiro atoms. The van der Waals surface area contributed by atoms with E-state index in [1.165, 1.54) is 0 Å². The Bertz CT molecular complexity index is 255. The first kappa shape index (κ1) is 9.39. The summed E-state index contributed by atoms with van der Waals surface area (Å²) in [5, 5.41) is 2.88. The Labute approximate surface area is 76.6 Å². The van der Waals surface area contributed by atoms with E-state index in [1.807, 2.05) is 5.38 Å². The van der Waals surface area contributed by atoms with Crippen molar-refractivity contribution < 1.29 is 4.79 Å². The van der Waals surface area contributed by atoms with Gasteiger partial charge in [0.2, 0.25) is 0 Å².